The van der Waals surface area contributed by atoms with Crippen molar-refractivity contribution in [1.29, 1.82) is 0 Å². The van der Waals surface area contributed by atoms with Crippen LogP contribution in [0.25, 0.3) is 10.9 Å². The maximum absolute atomic E-state index is 13.5. The van der Waals surface area contributed by atoms with E-state index in [1.807, 2.05) is 0 Å². The Labute approximate surface area is 186 Å². The largest absolute Gasteiger partial charge is 0.365 e. The molecule has 0 unspecified atom stereocenters. The molecule has 164 valence electrons. The smallest absolute Gasteiger partial charge is 0.356 e. The van der Waals surface area contributed by atoms with Gasteiger partial charge in [0.2, 0.25) is 5.91 Å². The van der Waals surface area contributed by atoms with E-state index in [1.165, 1.54) is 66.6 Å². The summed E-state index contributed by atoms with van der Waals surface area (Å²) in [5.74, 6) is -0.622. The zero-order valence-electron chi connectivity index (χ0n) is 16.8. The van der Waals surface area contributed by atoms with Crippen LogP contribution in [0.4, 0.5) is 5.69 Å². The van der Waals surface area contributed by atoms with E-state index >= 15 is 0 Å². The van der Waals surface area contributed by atoms with Gasteiger partial charge < -0.3 is 4.57 Å². The summed E-state index contributed by atoms with van der Waals surface area (Å²) < 4.78 is 29.0. The van der Waals surface area contributed by atoms with E-state index < -0.39 is 27.2 Å². The Bertz CT molecular complexity index is 1590. The third-order valence-electron chi connectivity index (χ3n) is 4.69. The second kappa shape index (κ2) is 7.77. The molecule has 4 rings (SSSR count). The molecule has 3 heterocycles. The van der Waals surface area contributed by atoms with E-state index in [0.717, 1.165) is 9.69 Å². The van der Waals surface area contributed by atoms with Gasteiger partial charge in [0.05, 0.1) is 22.8 Å². The maximum Gasteiger partial charge on any atom is 0.365 e. The lowest BCUT2D eigenvalue weighted by Crippen LogP contribution is -2.51. The van der Waals surface area contributed by atoms with E-state index in [2.05, 4.69) is 4.98 Å². The van der Waals surface area contributed by atoms with Crippen LogP contribution in [-0.4, -0.2) is 32.5 Å². The number of pyridine rings is 1. The van der Waals surface area contributed by atoms with Gasteiger partial charge in [0.25, 0.3) is 15.6 Å². The van der Waals surface area contributed by atoms with Gasteiger partial charge in [0.1, 0.15) is 4.90 Å². The lowest BCUT2D eigenvalue weighted by Gasteiger charge is -2.25. The van der Waals surface area contributed by atoms with Gasteiger partial charge >= 0.3 is 5.69 Å². The summed E-state index contributed by atoms with van der Waals surface area (Å²) >= 11 is 6.09. The Morgan fingerprint density at radius 1 is 1.16 bits per heavy atom. The van der Waals surface area contributed by atoms with Crippen molar-refractivity contribution < 1.29 is 13.2 Å². The van der Waals surface area contributed by atoms with Crippen molar-refractivity contribution in [3.05, 3.63) is 87.0 Å². The number of benzene rings is 1. The monoisotopic (exact) mass is 473 g/mol. The van der Waals surface area contributed by atoms with Gasteiger partial charge in [-0.05, 0) is 36.4 Å². The van der Waals surface area contributed by atoms with Gasteiger partial charge in [-0.15, -0.1) is 3.97 Å². The highest BCUT2D eigenvalue weighted by Gasteiger charge is 2.29. The molecule has 32 heavy (non-hydrogen) atoms. The van der Waals surface area contributed by atoms with Crippen LogP contribution in [0.5, 0.6) is 0 Å². The van der Waals surface area contributed by atoms with Gasteiger partial charge in [-0.1, -0.05) is 11.6 Å². The highest BCUT2D eigenvalue weighted by molar-refractivity contribution is 7.90. The average Bonchev–Trinajstić information content (AvgIpc) is 3.18. The quantitative estimate of drug-likeness (QED) is 0.444. The Hall–Kier alpha value is -3.70. The Kier molecular flexibility index (Phi) is 5.23. The predicted molar refractivity (Wildman–Crippen MR) is 118 cm³/mol. The molecule has 4 aromatic rings. The third kappa shape index (κ3) is 3.41. The number of nitrogens with zero attached hydrogens (tertiary/aromatic N) is 5. The van der Waals surface area contributed by atoms with Gasteiger partial charge in [0.15, 0.2) is 0 Å². The summed E-state index contributed by atoms with van der Waals surface area (Å²) in [6, 6.07) is 8.32. The summed E-state index contributed by atoms with van der Waals surface area (Å²) in [7, 11) is -2.98. The SMILES string of the molecule is CC(=O)N(c1cccnc1)n1c(=O)n(S(=O)(=O)c2ccn(C)c2)c(=O)c2ccc(Cl)cc21. The Morgan fingerprint density at radius 3 is 2.50 bits per heavy atom. The first-order valence-electron chi connectivity index (χ1n) is 9.19. The van der Waals surface area contributed by atoms with E-state index in [-0.39, 0.29) is 30.5 Å². The van der Waals surface area contributed by atoms with E-state index in [0.29, 0.717) is 0 Å². The van der Waals surface area contributed by atoms with Crippen molar-refractivity contribution in [2.75, 3.05) is 5.01 Å². The van der Waals surface area contributed by atoms with Crippen LogP contribution in [-0.2, 0) is 21.9 Å². The summed E-state index contributed by atoms with van der Waals surface area (Å²) in [6.45, 7) is 1.19. The van der Waals surface area contributed by atoms with E-state index in [1.54, 1.807) is 13.1 Å². The second-order valence-electron chi connectivity index (χ2n) is 6.89. The molecule has 0 N–H and O–H groups in total. The normalized spacial score (nSPS) is 11.6. The lowest BCUT2D eigenvalue weighted by molar-refractivity contribution is -0.117. The fourth-order valence-electron chi connectivity index (χ4n) is 3.30. The highest BCUT2D eigenvalue weighted by atomic mass is 35.5. The maximum atomic E-state index is 13.5. The standard InChI is InChI=1S/C20H16ClN5O5S/c1-13(27)24(15-4-3-8-22-11-15)25-18-10-14(21)5-6-17(18)19(28)26(20(25)29)32(30,31)16-7-9-23(2)12-16/h3-12H,1-2H3. The second-order valence-corrected chi connectivity index (χ2v) is 9.11. The molecule has 0 atom stereocenters. The number of anilines is 1. The summed E-state index contributed by atoms with van der Waals surface area (Å²) in [4.78, 5) is 43.0. The molecule has 0 saturated heterocycles. The van der Waals surface area contributed by atoms with Crippen molar-refractivity contribution in [3.63, 3.8) is 0 Å². The van der Waals surface area contributed by atoms with Crippen LogP contribution in [0.2, 0.25) is 5.02 Å². The molecule has 10 nitrogen and oxygen atoms in total. The van der Waals surface area contributed by atoms with Crippen LogP contribution in [0, 0.1) is 0 Å². The molecule has 0 aliphatic rings. The van der Waals surface area contributed by atoms with Crippen molar-refractivity contribution >= 4 is 44.1 Å². The number of fused-ring (bicyclic) bond motifs is 1. The first-order valence-corrected chi connectivity index (χ1v) is 11.0. The summed E-state index contributed by atoms with van der Waals surface area (Å²) in [5, 5.41) is 0.997. The molecule has 0 aliphatic carbocycles. The molecule has 0 spiro atoms. The molecule has 0 aliphatic heterocycles. The number of aromatic nitrogens is 4. The fraction of sp³-hybridized carbons (Fsp3) is 0.100. The van der Waals surface area contributed by atoms with Crippen molar-refractivity contribution in [1.82, 2.24) is 18.2 Å². The summed E-state index contributed by atoms with van der Waals surface area (Å²) in [6.07, 6.45) is 5.53. The minimum Gasteiger partial charge on any atom is -0.356 e. The van der Waals surface area contributed by atoms with Crippen LogP contribution in [0.1, 0.15) is 6.92 Å². The Balaban J connectivity index is 2.19. The molecule has 0 bridgehead atoms. The Morgan fingerprint density at radius 2 is 1.91 bits per heavy atom. The first-order chi connectivity index (χ1) is 15.1. The molecular formula is C20H16ClN5O5S. The molecule has 3 aromatic heterocycles. The van der Waals surface area contributed by atoms with Crippen molar-refractivity contribution in [2.24, 2.45) is 7.05 Å². The highest BCUT2D eigenvalue weighted by Crippen LogP contribution is 2.21. The topological polar surface area (TPSA) is 116 Å². The number of rotatable bonds is 4. The number of hydrogen-bond acceptors (Lipinski definition) is 6. The van der Waals surface area contributed by atoms with E-state index in [9.17, 15) is 22.8 Å². The molecule has 12 heteroatoms. The van der Waals surface area contributed by atoms with E-state index in [4.69, 9.17) is 11.6 Å². The van der Waals surface area contributed by atoms with Crippen molar-refractivity contribution in [3.8, 4) is 0 Å². The van der Waals surface area contributed by atoms with Gasteiger partial charge in [0, 0.05) is 37.6 Å². The van der Waals surface area contributed by atoms with Gasteiger partial charge in [-0.3, -0.25) is 14.6 Å². The third-order valence-corrected chi connectivity index (χ3v) is 6.56. The zero-order valence-corrected chi connectivity index (χ0v) is 18.4. The zero-order chi connectivity index (χ0) is 23.2. The number of hydrogen-bond donors (Lipinski definition) is 0. The minimum absolute atomic E-state index is 0.0361. The fourth-order valence-corrected chi connectivity index (χ4v) is 4.81. The van der Waals surface area contributed by atoms with Crippen LogP contribution in [0.3, 0.4) is 0 Å². The van der Waals surface area contributed by atoms with Crippen LogP contribution < -0.4 is 16.3 Å². The number of amides is 1. The number of carbonyl (C=O) groups excluding carboxylic acids is 1. The van der Waals surface area contributed by atoms with Crippen molar-refractivity contribution in [2.45, 2.75) is 11.8 Å². The molecule has 0 saturated carbocycles. The molecule has 1 amide bonds. The minimum atomic E-state index is -4.58. The van der Waals surface area contributed by atoms with Crippen LogP contribution in [0.15, 0.2) is 75.7 Å². The van der Waals surface area contributed by atoms with Gasteiger partial charge in [-0.2, -0.15) is 4.68 Å². The average molecular weight is 474 g/mol. The van der Waals surface area contributed by atoms with Gasteiger partial charge in [-0.25, -0.2) is 18.2 Å². The number of halogens is 1. The number of aryl methyl sites for hydroxylation is 1. The first kappa shape index (κ1) is 21.5. The molecule has 0 fully saturated rings. The van der Waals surface area contributed by atoms with Crippen LogP contribution >= 0.6 is 11.6 Å². The molecule has 1 aromatic carbocycles. The lowest BCUT2D eigenvalue weighted by atomic mass is 10.2. The molecular weight excluding hydrogens is 458 g/mol. The molecule has 0 radical (unpaired) electrons. The summed E-state index contributed by atoms with van der Waals surface area (Å²) in [5.41, 5.74) is -2.17. The predicted octanol–water partition coefficient (Wildman–Crippen LogP) is 1.60. The number of carbonyl (C=O) groups is 1.